The Labute approximate surface area is 491 Å². The molecule has 0 saturated carbocycles. The third-order valence-electron chi connectivity index (χ3n) is 16.6. The summed E-state index contributed by atoms with van der Waals surface area (Å²) in [6, 6.07) is 71.8. The Hall–Kier alpha value is -7.20. The summed E-state index contributed by atoms with van der Waals surface area (Å²) < 4.78 is 9.16. The Morgan fingerprint density at radius 3 is 1.73 bits per heavy atom. The first kappa shape index (κ1) is 56.1. The maximum atomic E-state index is 6.91. The molecule has 1 aliphatic heterocycles. The number of aromatic nitrogens is 2. The van der Waals surface area contributed by atoms with E-state index < -0.39 is 0 Å². The molecule has 2 aromatic heterocycles. The first-order valence-corrected chi connectivity index (χ1v) is 28.2. The molecule has 80 heavy (non-hydrogen) atoms. The Morgan fingerprint density at radius 2 is 1.09 bits per heavy atom. The van der Waals surface area contributed by atoms with E-state index in [2.05, 4.69) is 294 Å². The predicted molar refractivity (Wildman–Crippen MR) is 332 cm³/mol. The molecule has 0 aliphatic carbocycles. The third-order valence-corrected chi connectivity index (χ3v) is 16.6. The van der Waals surface area contributed by atoms with Crippen molar-refractivity contribution in [2.75, 3.05) is 9.80 Å². The monoisotopic (exact) mass is 1230 g/mol. The quantitative estimate of drug-likeness (QED) is 0.114. The van der Waals surface area contributed by atoms with Crippen molar-refractivity contribution in [2.24, 2.45) is 0 Å². The van der Waals surface area contributed by atoms with Gasteiger partial charge < -0.3 is 19.1 Å². The first-order chi connectivity index (χ1) is 37.6. The van der Waals surface area contributed by atoms with Gasteiger partial charge in [0.25, 0.3) is 0 Å². The summed E-state index contributed by atoms with van der Waals surface area (Å²) in [4.78, 5) is 9.67. The molecular weight excluding hydrogens is 1160 g/mol. The number of ether oxygens (including phenoxy) is 1. The average Bonchev–Trinajstić information content (AvgIpc) is 4.04. The summed E-state index contributed by atoms with van der Waals surface area (Å²) >= 11 is 0. The van der Waals surface area contributed by atoms with Gasteiger partial charge in [-0.25, -0.2) is 4.98 Å². The molecule has 10 aromatic rings. The van der Waals surface area contributed by atoms with Gasteiger partial charge in [0.15, 0.2) is 0 Å². The van der Waals surface area contributed by atoms with Crippen LogP contribution in [0.1, 0.15) is 153 Å². The van der Waals surface area contributed by atoms with Gasteiger partial charge in [0.05, 0.1) is 0 Å². The summed E-state index contributed by atoms with van der Waals surface area (Å²) in [7, 11) is 0. The third kappa shape index (κ3) is 10.4. The van der Waals surface area contributed by atoms with Gasteiger partial charge >= 0.3 is 0 Å². The van der Waals surface area contributed by atoms with Crippen molar-refractivity contribution < 1.29 is 25.8 Å². The Bertz CT molecular complexity index is 3860. The molecule has 0 unspecified atom stereocenters. The van der Waals surface area contributed by atoms with Crippen molar-refractivity contribution in [3.05, 3.63) is 245 Å². The van der Waals surface area contributed by atoms with Gasteiger partial charge in [-0.15, -0.1) is 48.1 Å². The number of benzene rings is 8. The summed E-state index contributed by atoms with van der Waals surface area (Å²) in [5, 5.41) is 2.22. The van der Waals surface area contributed by atoms with Crippen LogP contribution in [-0.4, -0.2) is 9.55 Å². The minimum Gasteiger partial charge on any atom is -0.509 e. The van der Waals surface area contributed by atoms with Crippen LogP contribution in [0.25, 0.3) is 38.8 Å². The fourth-order valence-electron chi connectivity index (χ4n) is 11.6. The zero-order valence-electron chi connectivity index (χ0n) is 49.1. The van der Waals surface area contributed by atoms with Crippen molar-refractivity contribution in [3.8, 4) is 28.4 Å². The van der Waals surface area contributed by atoms with E-state index in [4.69, 9.17) is 9.72 Å². The van der Waals surface area contributed by atoms with Gasteiger partial charge in [-0.1, -0.05) is 206 Å². The minimum atomic E-state index is -0.250. The molecule has 5 nitrogen and oxygen atoms in total. The Morgan fingerprint density at radius 1 is 0.475 bits per heavy atom. The number of fused-ring (bicyclic) bond motifs is 4. The van der Waals surface area contributed by atoms with E-state index in [1.807, 2.05) is 18.3 Å². The molecule has 410 valence electrons. The van der Waals surface area contributed by atoms with E-state index in [0.717, 1.165) is 50.4 Å². The van der Waals surface area contributed by atoms with Crippen LogP contribution in [0.4, 0.5) is 22.7 Å². The van der Waals surface area contributed by atoms with E-state index in [-0.39, 0.29) is 42.7 Å². The number of pyridine rings is 1. The Balaban J connectivity index is 0.00000720. The zero-order valence-corrected chi connectivity index (χ0v) is 51.3. The van der Waals surface area contributed by atoms with Crippen LogP contribution >= 0.6 is 0 Å². The number of nitrogens with zero attached hydrogens (tertiary/aromatic N) is 4. The topological polar surface area (TPSA) is 33.5 Å². The second-order valence-electron chi connectivity index (χ2n) is 25.5. The van der Waals surface area contributed by atoms with Gasteiger partial charge in [0.1, 0.15) is 5.82 Å². The van der Waals surface area contributed by atoms with E-state index >= 15 is 0 Å². The van der Waals surface area contributed by atoms with Gasteiger partial charge in [-0.3, -0.25) is 0 Å². The van der Waals surface area contributed by atoms with Crippen molar-refractivity contribution in [1.29, 1.82) is 0 Å². The van der Waals surface area contributed by atoms with Gasteiger partial charge in [0.2, 0.25) is 0 Å². The van der Waals surface area contributed by atoms with Crippen molar-refractivity contribution >= 4 is 44.6 Å². The first-order valence-electron chi connectivity index (χ1n) is 28.2. The molecule has 0 N–H and O–H groups in total. The molecule has 3 heterocycles. The minimum absolute atomic E-state index is 0. The number of hydrogen-bond acceptors (Lipinski definition) is 4. The van der Waals surface area contributed by atoms with Crippen molar-refractivity contribution in [1.82, 2.24) is 9.55 Å². The van der Waals surface area contributed by atoms with Crippen LogP contribution in [0, 0.1) is 18.8 Å². The molecule has 0 saturated heterocycles. The molecule has 1 aliphatic rings. The van der Waals surface area contributed by atoms with Crippen molar-refractivity contribution in [2.45, 2.75) is 130 Å². The number of anilines is 4. The number of rotatable bonds is 12. The fourth-order valence-corrected chi connectivity index (χ4v) is 11.6. The normalized spacial score (nSPS) is 13.2. The van der Waals surface area contributed by atoms with Crippen LogP contribution in [0.15, 0.2) is 182 Å². The van der Waals surface area contributed by atoms with Crippen LogP contribution in [0.5, 0.6) is 11.5 Å². The summed E-state index contributed by atoms with van der Waals surface area (Å²) in [5.41, 5.74) is 18.2. The summed E-state index contributed by atoms with van der Waals surface area (Å²) in [6.45, 7) is 34.4. The zero-order chi connectivity index (χ0) is 55.8. The molecular formula is C74H75N4OPt-3. The smallest absolute Gasteiger partial charge is 0.135 e. The van der Waals surface area contributed by atoms with Gasteiger partial charge in [-0.2, -0.15) is 12.1 Å². The largest absolute Gasteiger partial charge is 0.509 e. The standard InChI is InChI=1S/C74H75N4O.Pt/c1-48(2)61-29-22-30-62(49(3)4)70(61)50-31-35-66-68(39-50)76(47-77(66)58-41-55(72(8,9)10)40-56(42-58)74(13,14)52-25-19-16-20-26-52)57-27-21-28-59(45-57)79-60-33-34-63-64-43-54(73(11,12)51-23-17-15-18-24-51)32-36-65(64)78(67(63)46-60)69-44-53(37-38-75-69)71(5,6)7;/h15-44,47-49H,1-14H3;/q-3;. The SMILES string of the molecule is CC(C)c1cccc(C(C)C)c1-c1ccc2c(c1)N(c1[c-]c(Oc3[c-]c4c(cc3)c3cc(C(C)(C)c5ccccc5)ccc3n4-c3cc(C(C)(C)C)ccn3)ccc1)[CH-]N2c1cc(C(C)(C)C)cc(C(C)(C)c2ccccc2)c1.[Pt]. The average molecular weight is 1230 g/mol. The van der Waals surface area contributed by atoms with E-state index in [9.17, 15) is 0 Å². The summed E-state index contributed by atoms with van der Waals surface area (Å²) in [5.74, 6) is 2.73. The summed E-state index contributed by atoms with van der Waals surface area (Å²) in [6.07, 6.45) is 1.93. The molecule has 0 spiro atoms. The van der Waals surface area contributed by atoms with Crippen molar-refractivity contribution in [3.63, 3.8) is 0 Å². The van der Waals surface area contributed by atoms with E-state index in [0.29, 0.717) is 23.3 Å². The van der Waals surface area contributed by atoms with Crippen LogP contribution in [0.3, 0.4) is 0 Å². The predicted octanol–water partition coefficient (Wildman–Crippen LogP) is 20.1. The van der Waals surface area contributed by atoms with Crippen LogP contribution in [0.2, 0.25) is 0 Å². The molecule has 0 amide bonds. The van der Waals surface area contributed by atoms with Crippen LogP contribution in [-0.2, 0) is 42.7 Å². The maximum Gasteiger partial charge on any atom is 0.135 e. The molecule has 0 radical (unpaired) electrons. The van der Waals surface area contributed by atoms with Crippen LogP contribution < -0.4 is 14.5 Å². The second kappa shape index (κ2) is 21.4. The molecule has 11 rings (SSSR count). The maximum absolute atomic E-state index is 6.91. The molecule has 0 fully saturated rings. The van der Waals surface area contributed by atoms with E-state index in [1.165, 1.54) is 55.6 Å². The van der Waals surface area contributed by atoms with Gasteiger partial charge in [-0.05, 0) is 126 Å². The molecule has 8 aromatic carbocycles. The molecule has 0 bridgehead atoms. The Kier molecular flexibility index (Phi) is 15.0. The molecule has 6 heteroatoms. The van der Waals surface area contributed by atoms with Gasteiger partial charge in [0, 0.05) is 72.2 Å². The van der Waals surface area contributed by atoms with E-state index in [1.54, 1.807) is 0 Å². The molecule has 0 atom stereocenters. The number of hydrogen-bond donors (Lipinski definition) is 0. The fraction of sp³-hybridized carbons (Fsp3) is 0.270. The second-order valence-corrected chi connectivity index (χ2v) is 25.5.